The van der Waals surface area contributed by atoms with Crippen LogP contribution in [0.15, 0.2) is 0 Å². The average molecular weight is 147 g/mol. The van der Waals surface area contributed by atoms with Gasteiger partial charge < -0.3 is 0 Å². The van der Waals surface area contributed by atoms with Crippen LogP contribution < -0.4 is 4.13 Å². The SMILES string of the molecule is O=S(=O)(Cl)N[S]. The van der Waals surface area contributed by atoms with Crippen molar-refractivity contribution in [2.75, 3.05) is 0 Å². The third kappa shape index (κ3) is 4.55. The third-order valence-corrected chi connectivity index (χ3v) is 1.46. The van der Waals surface area contributed by atoms with Crippen LogP contribution in [0.5, 0.6) is 0 Å². The van der Waals surface area contributed by atoms with Gasteiger partial charge in [0.1, 0.15) is 0 Å². The zero-order chi connectivity index (χ0) is 5.21. The molecule has 0 amide bonds. The van der Waals surface area contributed by atoms with Crippen LogP contribution in [0.1, 0.15) is 0 Å². The van der Waals surface area contributed by atoms with E-state index in [0.717, 1.165) is 0 Å². The lowest BCUT2D eigenvalue weighted by atomic mass is 13.9. The summed E-state index contributed by atoms with van der Waals surface area (Å²) >= 11 is 3.82. The maximum atomic E-state index is 9.55. The Hall–Kier alpha value is 0.550. The lowest BCUT2D eigenvalue weighted by molar-refractivity contribution is 0.608. The average Bonchev–Trinajstić information content (AvgIpc) is 1.35. The summed E-state index contributed by atoms with van der Waals surface area (Å²) in [6, 6.07) is 0. The van der Waals surface area contributed by atoms with E-state index in [2.05, 4.69) is 23.5 Å². The Labute approximate surface area is 45.8 Å². The molecule has 0 fully saturated rings. The first-order valence-electron chi connectivity index (χ1n) is 0.896. The highest BCUT2D eigenvalue weighted by Gasteiger charge is 1.94. The van der Waals surface area contributed by atoms with Crippen LogP contribution in [0.25, 0.3) is 0 Å². The van der Waals surface area contributed by atoms with Crippen LogP contribution in [0, 0.1) is 0 Å². The van der Waals surface area contributed by atoms with E-state index >= 15 is 0 Å². The molecule has 37 valence electrons. The summed E-state index contributed by atoms with van der Waals surface area (Å²) in [5, 5.41) is 0. The van der Waals surface area contributed by atoms with Gasteiger partial charge in [-0.2, -0.15) is 8.42 Å². The molecule has 6 heteroatoms. The molecule has 0 saturated carbocycles. The van der Waals surface area contributed by atoms with Crippen molar-refractivity contribution in [2.45, 2.75) is 0 Å². The van der Waals surface area contributed by atoms with E-state index in [0.29, 0.717) is 0 Å². The Morgan fingerprint density at radius 3 is 1.83 bits per heavy atom. The minimum Gasteiger partial charge on any atom is -0.194 e. The number of hydrogen-bond acceptors (Lipinski definition) is 2. The predicted molar refractivity (Wildman–Crippen MR) is 25.5 cm³/mol. The first kappa shape index (κ1) is 6.55. The number of nitrogens with one attached hydrogen (secondary N) is 1. The van der Waals surface area contributed by atoms with E-state index in [4.69, 9.17) is 0 Å². The first-order chi connectivity index (χ1) is 2.56. The molecule has 0 unspecified atom stereocenters. The molecule has 3 nitrogen and oxygen atoms in total. The first-order valence-corrected chi connectivity index (χ1v) is 3.61. The van der Waals surface area contributed by atoms with Crippen molar-refractivity contribution in [3.63, 3.8) is 0 Å². The summed E-state index contributed by atoms with van der Waals surface area (Å²) < 4.78 is 20.5. The fourth-order valence-corrected chi connectivity index (χ4v) is 0. The van der Waals surface area contributed by atoms with Gasteiger partial charge in [-0.05, 0) is 0 Å². The summed E-state index contributed by atoms with van der Waals surface area (Å²) in [6.07, 6.45) is 0. The molecular weight excluding hydrogens is 146 g/mol. The Morgan fingerprint density at radius 1 is 1.67 bits per heavy atom. The minimum absolute atomic E-state index is 1.43. The smallest absolute Gasteiger partial charge is 0.194 e. The monoisotopic (exact) mass is 146 g/mol. The normalized spacial score (nSPS) is 11.7. The molecule has 0 aromatic heterocycles. The third-order valence-electron chi connectivity index (χ3n) is 0.0995. The van der Waals surface area contributed by atoms with E-state index in [1.54, 1.807) is 0 Å². The predicted octanol–water partition coefficient (Wildman–Crippen LogP) is 0.172. The van der Waals surface area contributed by atoms with Crippen LogP contribution in [0.3, 0.4) is 0 Å². The molecule has 0 aromatic carbocycles. The van der Waals surface area contributed by atoms with Gasteiger partial charge in [-0.1, -0.05) is 0 Å². The highest BCUT2D eigenvalue weighted by molar-refractivity contribution is 8.17. The molecular formula is HClNO2S2. The number of rotatable bonds is 1. The van der Waals surface area contributed by atoms with Gasteiger partial charge in [-0.15, -0.1) is 4.13 Å². The van der Waals surface area contributed by atoms with Crippen molar-refractivity contribution in [3.05, 3.63) is 0 Å². The largest absolute Gasteiger partial charge is 0.307 e. The molecule has 6 heavy (non-hydrogen) atoms. The second kappa shape index (κ2) is 2.02. The quantitative estimate of drug-likeness (QED) is 0.537. The molecule has 0 bridgehead atoms. The van der Waals surface area contributed by atoms with Crippen LogP contribution in [-0.4, -0.2) is 8.42 Å². The molecule has 0 spiro atoms. The van der Waals surface area contributed by atoms with Gasteiger partial charge in [0, 0.05) is 23.5 Å². The molecule has 1 N–H and O–H groups in total. The van der Waals surface area contributed by atoms with Crippen molar-refractivity contribution >= 4 is 32.7 Å². The molecule has 0 heterocycles. The summed E-state index contributed by atoms with van der Waals surface area (Å²) in [5.74, 6) is 0. The molecule has 0 aliphatic heterocycles. The summed E-state index contributed by atoms with van der Waals surface area (Å²) in [5.41, 5.74) is 0. The van der Waals surface area contributed by atoms with Gasteiger partial charge in [0.25, 0.3) is 0 Å². The molecule has 0 rings (SSSR count). The van der Waals surface area contributed by atoms with Crippen LogP contribution in [0.2, 0.25) is 0 Å². The molecule has 0 aliphatic carbocycles. The lowest BCUT2D eigenvalue weighted by Gasteiger charge is -1.78. The Balaban J connectivity index is 3.85. The van der Waals surface area contributed by atoms with E-state index in [1.165, 1.54) is 4.13 Å². The van der Waals surface area contributed by atoms with Crippen LogP contribution >= 0.6 is 23.5 Å². The Kier molecular flexibility index (Phi) is 2.20. The van der Waals surface area contributed by atoms with E-state index in [9.17, 15) is 8.42 Å². The van der Waals surface area contributed by atoms with E-state index in [-0.39, 0.29) is 0 Å². The molecule has 0 atom stereocenters. The Morgan fingerprint density at radius 2 is 1.83 bits per heavy atom. The van der Waals surface area contributed by atoms with Gasteiger partial charge in [0.15, 0.2) is 0 Å². The van der Waals surface area contributed by atoms with Crippen molar-refractivity contribution in [2.24, 2.45) is 0 Å². The Bertz CT molecular complexity index is 114. The zero-order valence-electron chi connectivity index (χ0n) is 2.51. The maximum Gasteiger partial charge on any atom is 0.307 e. The fraction of sp³-hybridized carbons (Fsp3) is 0. The zero-order valence-corrected chi connectivity index (χ0v) is 4.90. The van der Waals surface area contributed by atoms with Gasteiger partial charge in [0.2, 0.25) is 0 Å². The molecule has 0 saturated heterocycles. The van der Waals surface area contributed by atoms with Crippen molar-refractivity contribution in [3.8, 4) is 0 Å². The molecule has 1 radical (unpaired) electrons. The van der Waals surface area contributed by atoms with Crippen LogP contribution in [0.4, 0.5) is 0 Å². The molecule has 0 aromatic rings. The second-order valence-electron chi connectivity index (χ2n) is 0.521. The fourth-order valence-electron chi connectivity index (χ4n) is 0. The van der Waals surface area contributed by atoms with Crippen molar-refractivity contribution in [1.82, 2.24) is 4.13 Å². The number of hydrogen-bond donors (Lipinski definition) is 1. The highest BCUT2D eigenvalue weighted by atomic mass is 35.7. The number of halogens is 1. The summed E-state index contributed by atoms with van der Waals surface area (Å²) in [6.45, 7) is 0. The van der Waals surface area contributed by atoms with E-state index < -0.39 is 9.24 Å². The van der Waals surface area contributed by atoms with Crippen LogP contribution in [-0.2, 0) is 9.24 Å². The van der Waals surface area contributed by atoms with Gasteiger partial charge >= 0.3 is 9.24 Å². The van der Waals surface area contributed by atoms with E-state index in [1.807, 2.05) is 0 Å². The van der Waals surface area contributed by atoms with Gasteiger partial charge in [0.05, 0.1) is 0 Å². The molecule has 0 aliphatic rings. The van der Waals surface area contributed by atoms with Gasteiger partial charge in [-0.25, -0.2) is 0 Å². The van der Waals surface area contributed by atoms with Gasteiger partial charge in [-0.3, -0.25) is 0 Å². The second-order valence-corrected chi connectivity index (χ2v) is 3.28. The lowest BCUT2D eigenvalue weighted by Crippen LogP contribution is -2.02. The summed E-state index contributed by atoms with van der Waals surface area (Å²) in [4.78, 5) is 0. The van der Waals surface area contributed by atoms with Crippen molar-refractivity contribution in [1.29, 1.82) is 0 Å². The minimum atomic E-state index is -3.62. The van der Waals surface area contributed by atoms with Crippen molar-refractivity contribution < 1.29 is 8.42 Å². The topological polar surface area (TPSA) is 46.2 Å². The standard InChI is InChI=1S/ClHNO2S2/c1-6(3,4)2-5/h2H. The maximum absolute atomic E-state index is 9.55. The highest BCUT2D eigenvalue weighted by Crippen LogP contribution is 1.87. The summed E-state index contributed by atoms with van der Waals surface area (Å²) in [7, 11) is 0.850.